The van der Waals surface area contributed by atoms with Gasteiger partial charge in [0.05, 0.1) is 30.3 Å². The lowest BCUT2D eigenvalue weighted by molar-refractivity contribution is 0.0600. The number of aryl methyl sites for hydroxylation is 1. The number of benzene rings is 1. The summed E-state index contributed by atoms with van der Waals surface area (Å²) in [4.78, 5) is 31.1. The standard InChI is InChI=1S/C14H12FN3O3/c1-8-6-17-12(7-16-8)13(19)18-11-5-9(14(20)21-2)3-4-10(11)15/h3-7H,1-2H3,(H,18,19). The molecule has 0 aliphatic heterocycles. The van der Waals surface area contributed by atoms with Crippen LogP contribution in [0.25, 0.3) is 0 Å². The zero-order valence-electron chi connectivity index (χ0n) is 11.4. The van der Waals surface area contributed by atoms with Gasteiger partial charge in [-0.2, -0.15) is 0 Å². The van der Waals surface area contributed by atoms with Crippen molar-refractivity contribution in [2.75, 3.05) is 12.4 Å². The van der Waals surface area contributed by atoms with Gasteiger partial charge in [-0.25, -0.2) is 14.2 Å². The summed E-state index contributed by atoms with van der Waals surface area (Å²) >= 11 is 0. The Bertz CT molecular complexity index is 686. The summed E-state index contributed by atoms with van der Waals surface area (Å²) in [6.07, 6.45) is 2.71. The van der Waals surface area contributed by atoms with Gasteiger partial charge in [0.15, 0.2) is 0 Å². The van der Waals surface area contributed by atoms with Gasteiger partial charge < -0.3 is 10.1 Å². The number of ether oxygens (including phenoxy) is 1. The van der Waals surface area contributed by atoms with Crippen LogP contribution in [-0.2, 0) is 4.74 Å². The van der Waals surface area contributed by atoms with Gasteiger partial charge in [-0.05, 0) is 25.1 Å². The van der Waals surface area contributed by atoms with Crippen LogP contribution in [0, 0.1) is 12.7 Å². The van der Waals surface area contributed by atoms with Gasteiger partial charge in [-0.15, -0.1) is 0 Å². The number of carbonyl (C=O) groups excluding carboxylic acids is 2. The Hall–Kier alpha value is -2.83. The van der Waals surface area contributed by atoms with Gasteiger partial charge in [0.1, 0.15) is 11.5 Å². The lowest BCUT2D eigenvalue weighted by Gasteiger charge is -2.07. The normalized spacial score (nSPS) is 10.0. The van der Waals surface area contributed by atoms with Gasteiger partial charge in [0.25, 0.3) is 5.91 Å². The molecule has 7 heteroatoms. The van der Waals surface area contributed by atoms with E-state index in [4.69, 9.17) is 0 Å². The third-order valence-corrected chi connectivity index (χ3v) is 2.65. The molecule has 0 fully saturated rings. The summed E-state index contributed by atoms with van der Waals surface area (Å²) in [6.45, 7) is 1.73. The highest BCUT2D eigenvalue weighted by molar-refractivity contribution is 6.03. The van der Waals surface area contributed by atoms with E-state index < -0.39 is 17.7 Å². The molecule has 0 unspecified atom stereocenters. The number of esters is 1. The fraction of sp³-hybridized carbons (Fsp3) is 0.143. The van der Waals surface area contributed by atoms with Gasteiger partial charge >= 0.3 is 5.97 Å². The maximum Gasteiger partial charge on any atom is 0.337 e. The van der Waals surface area contributed by atoms with Crippen LogP contribution in [0.5, 0.6) is 0 Å². The molecule has 21 heavy (non-hydrogen) atoms. The summed E-state index contributed by atoms with van der Waals surface area (Å²) < 4.78 is 18.2. The predicted octanol–water partition coefficient (Wildman–Crippen LogP) is 1.96. The van der Waals surface area contributed by atoms with E-state index in [1.54, 1.807) is 6.92 Å². The average molecular weight is 289 g/mol. The Kier molecular flexibility index (Phi) is 4.22. The number of anilines is 1. The first-order chi connectivity index (χ1) is 10.0. The smallest absolute Gasteiger partial charge is 0.337 e. The Labute approximate surface area is 120 Å². The molecule has 108 valence electrons. The van der Waals surface area contributed by atoms with E-state index in [9.17, 15) is 14.0 Å². The zero-order chi connectivity index (χ0) is 15.4. The summed E-state index contributed by atoms with van der Waals surface area (Å²) in [5, 5.41) is 2.34. The quantitative estimate of drug-likeness (QED) is 0.874. The summed E-state index contributed by atoms with van der Waals surface area (Å²) in [5.41, 5.74) is 0.698. The number of halogens is 1. The second-order valence-electron chi connectivity index (χ2n) is 4.18. The lowest BCUT2D eigenvalue weighted by atomic mass is 10.2. The van der Waals surface area contributed by atoms with Crippen LogP contribution in [0.3, 0.4) is 0 Å². The molecule has 1 amide bonds. The number of hydrogen-bond donors (Lipinski definition) is 1. The molecule has 0 radical (unpaired) electrons. The van der Waals surface area contributed by atoms with Gasteiger partial charge in [-0.1, -0.05) is 0 Å². The molecule has 0 aliphatic carbocycles. The molecule has 2 rings (SSSR count). The molecule has 1 N–H and O–H groups in total. The number of nitrogens with one attached hydrogen (secondary N) is 1. The average Bonchev–Trinajstić information content (AvgIpc) is 2.49. The molecule has 0 saturated heterocycles. The first-order valence-corrected chi connectivity index (χ1v) is 5.99. The molecule has 0 bridgehead atoms. The van der Waals surface area contributed by atoms with E-state index in [-0.39, 0.29) is 16.9 Å². The minimum Gasteiger partial charge on any atom is -0.465 e. The van der Waals surface area contributed by atoms with Crippen molar-refractivity contribution in [1.82, 2.24) is 9.97 Å². The third-order valence-electron chi connectivity index (χ3n) is 2.65. The molecule has 6 nitrogen and oxygen atoms in total. The number of methoxy groups -OCH3 is 1. The maximum absolute atomic E-state index is 13.7. The first-order valence-electron chi connectivity index (χ1n) is 5.99. The van der Waals surface area contributed by atoms with Crippen LogP contribution in [0.15, 0.2) is 30.6 Å². The number of aromatic nitrogens is 2. The lowest BCUT2D eigenvalue weighted by Crippen LogP contribution is -2.15. The van der Waals surface area contributed by atoms with Crippen LogP contribution in [0.4, 0.5) is 10.1 Å². The van der Waals surface area contributed by atoms with Crippen molar-refractivity contribution in [3.05, 3.63) is 53.4 Å². The van der Waals surface area contributed by atoms with Crippen molar-refractivity contribution in [3.63, 3.8) is 0 Å². The topological polar surface area (TPSA) is 81.2 Å². The van der Waals surface area contributed by atoms with Crippen molar-refractivity contribution in [2.24, 2.45) is 0 Å². The van der Waals surface area contributed by atoms with E-state index in [1.165, 1.54) is 31.6 Å². The number of rotatable bonds is 3. The molecule has 0 atom stereocenters. The molecule has 2 aromatic rings. The van der Waals surface area contributed by atoms with E-state index in [0.29, 0.717) is 5.69 Å². The third kappa shape index (κ3) is 3.38. The Morgan fingerprint density at radius 1 is 1.24 bits per heavy atom. The largest absolute Gasteiger partial charge is 0.465 e. The van der Waals surface area contributed by atoms with Crippen LogP contribution in [0.2, 0.25) is 0 Å². The summed E-state index contributed by atoms with van der Waals surface area (Å²) in [7, 11) is 1.21. The monoisotopic (exact) mass is 289 g/mol. The second kappa shape index (κ2) is 6.08. The fourth-order valence-corrected chi connectivity index (χ4v) is 1.56. The van der Waals surface area contributed by atoms with Crippen molar-refractivity contribution < 1.29 is 18.7 Å². The Morgan fingerprint density at radius 2 is 2.00 bits per heavy atom. The van der Waals surface area contributed by atoms with Crippen molar-refractivity contribution >= 4 is 17.6 Å². The van der Waals surface area contributed by atoms with E-state index >= 15 is 0 Å². The Morgan fingerprint density at radius 3 is 2.62 bits per heavy atom. The van der Waals surface area contributed by atoms with Crippen LogP contribution in [0.1, 0.15) is 26.5 Å². The highest BCUT2D eigenvalue weighted by Crippen LogP contribution is 2.17. The fourth-order valence-electron chi connectivity index (χ4n) is 1.56. The first kappa shape index (κ1) is 14.6. The summed E-state index contributed by atoms with van der Waals surface area (Å²) in [6, 6.07) is 3.53. The highest BCUT2D eigenvalue weighted by atomic mass is 19.1. The summed E-state index contributed by atoms with van der Waals surface area (Å²) in [5.74, 6) is -1.92. The molecular weight excluding hydrogens is 277 g/mol. The molecule has 0 saturated carbocycles. The number of carbonyl (C=O) groups is 2. The number of hydrogen-bond acceptors (Lipinski definition) is 5. The van der Waals surface area contributed by atoms with Crippen LogP contribution >= 0.6 is 0 Å². The number of amides is 1. The van der Waals surface area contributed by atoms with E-state index in [1.807, 2.05) is 0 Å². The molecule has 1 heterocycles. The Balaban J connectivity index is 2.24. The van der Waals surface area contributed by atoms with Crippen molar-refractivity contribution in [1.29, 1.82) is 0 Å². The second-order valence-corrected chi connectivity index (χ2v) is 4.18. The van der Waals surface area contributed by atoms with Gasteiger partial charge in [0.2, 0.25) is 0 Å². The zero-order valence-corrected chi connectivity index (χ0v) is 11.4. The maximum atomic E-state index is 13.7. The molecule has 0 aliphatic rings. The predicted molar refractivity (Wildman–Crippen MR) is 72.5 cm³/mol. The number of nitrogens with zero attached hydrogens (tertiary/aromatic N) is 2. The highest BCUT2D eigenvalue weighted by Gasteiger charge is 2.14. The van der Waals surface area contributed by atoms with Crippen LogP contribution in [-0.4, -0.2) is 29.0 Å². The van der Waals surface area contributed by atoms with E-state index in [0.717, 1.165) is 6.07 Å². The minimum atomic E-state index is -0.670. The van der Waals surface area contributed by atoms with Crippen molar-refractivity contribution in [3.8, 4) is 0 Å². The SMILES string of the molecule is COC(=O)c1ccc(F)c(NC(=O)c2cnc(C)cn2)c1. The van der Waals surface area contributed by atoms with Gasteiger partial charge in [-0.3, -0.25) is 9.78 Å². The minimum absolute atomic E-state index is 0.0449. The van der Waals surface area contributed by atoms with Crippen LogP contribution < -0.4 is 5.32 Å². The molecule has 1 aromatic heterocycles. The van der Waals surface area contributed by atoms with Gasteiger partial charge in [0, 0.05) is 6.20 Å². The molecule has 1 aromatic carbocycles. The van der Waals surface area contributed by atoms with Crippen molar-refractivity contribution in [2.45, 2.75) is 6.92 Å². The molecular formula is C14H12FN3O3. The van der Waals surface area contributed by atoms with E-state index in [2.05, 4.69) is 20.0 Å². The molecule has 0 spiro atoms.